The van der Waals surface area contributed by atoms with Gasteiger partial charge >= 0.3 is 0 Å². The van der Waals surface area contributed by atoms with Gasteiger partial charge in [-0.2, -0.15) is 0 Å². The number of nitrogens with one attached hydrogen (secondary N) is 1. The number of piperidine rings is 1. The summed E-state index contributed by atoms with van der Waals surface area (Å²) in [6, 6.07) is 0. The molecule has 0 saturated carbocycles. The van der Waals surface area contributed by atoms with Gasteiger partial charge in [0.15, 0.2) is 0 Å². The van der Waals surface area contributed by atoms with Gasteiger partial charge in [-0.3, -0.25) is 9.97 Å². The molecule has 5 heteroatoms. The van der Waals surface area contributed by atoms with E-state index in [2.05, 4.69) is 24.8 Å². The third-order valence-corrected chi connectivity index (χ3v) is 4.12. The molecular formula is C15H21N5. The molecule has 1 aliphatic rings. The maximum atomic E-state index is 4.57. The Bertz CT molecular complexity index is 584. The summed E-state index contributed by atoms with van der Waals surface area (Å²) in [5.41, 5.74) is 3.11. The highest BCUT2D eigenvalue weighted by Gasteiger charge is 2.18. The summed E-state index contributed by atoms with van der Waals surface area (Å²) in [6.07, 6.45) is 8.96. The van der Waals surface area contributed by atoms with Crippen molar-refractivity contribution in [2.24, 2.45) is 13.0 Å². The number of imidazole rings is 1. The molecule has 2 aromatic heterocycles. The van der Waals surface area contributed by atoms with Crippen molar-refractivity contribution in [1.29, 1.82) is 0 Å². The minimum atomic E-state index is 0.661. The Morgan fingerprint density at radius 3 is 2.85 bits per heavy atom. The quantitative estimate of drug-likeness (QED) is 0.923. The van der Waals surface area contributed by atoms with E-state index in [1.165, 1.54) is 12.8 Å². The molecule has 0 aliphatic carbocycles. The summed E-state index contributed by atoms with van der Waals surface area (Å²) in [5, 5.41) is 3.46. The number of aryl methyl sites for hydroxylation is 1. The fourth-order valence-electron chi connectivity index (χ4n) is 2.82. The minimum absolute atomic E-state index is 0.661. The van der Waals surface area contributed by atoms with E-state index in [-0.39, 0.29) is 0 Å². The predicted octanol–water partition coefficient (Wildman–Crippen LogP) is 1.73. The van der Waals surface area contributed by atoms with E-state index >= 15 is 0 Å². The maximum Gasteiger partial charge on any atom is 0.110 e. The highest BCUT2D eigenvalue weighted by molar-refractivity contribution is 5.57. The molecule has 1 aliphatic heterocycles. The Labute approximate surface area is 119 Å². The van der Waals surface area contributed by atoms with Gasteiger partial charge in [0.25, 0.3) is 0 Å². The molecule has 3 heterocycles. The SMILES string of the molecule is Cc1ncc(-c2nccnc2C[C@@H]2CCCNC2)n1C. The van der Waals surface area contributed by atoms with Gasteiger partial charge in [-0.05, 0) is 45.2 Å². The van der Waals surface area contributed by atoms with Crippen LogP contribution in [0, 0.1) is 12.8 Å². The summed E-state index contributed by atoms with van der Waals surface area (Å²) in [6.45, 7) is 4.23. The van der Waals surface area contributed by atoms with Crippen LogP contribution in [-0.2, 0) is 13.5 Å². The van der Waals surface area contributed by atoms with Gasteiger partial charge in [0, 0.05) is 19.4 Å². The van der Waals surface area contributed by atoms with Crippen molar-refractivity contribution in [3.05, 3.63) is 30.1 Å². The molecule has 0 bridgehead atoms. The number of nitrogens with zero attached hydrogens (tertiary/aromatic N) is 4. The van der Waals surface area contributed by atoms with Crippen LogP contribution < -0.4 is 5.32 Å². The summed E-state index contributed by atoms with van der Waals surface area (Å²) in [7, 11) is 2.03. The van der Waals surface area contributed by atoms with Crippen LogP contribution in [0.1, 0.15) is 24.4 Å². The van der Waals surface area contributed by atoms with Gasteiger partial charge in [-0.1, -0.05) is 0 Å². The molecule has 0 spiro atoms. The average Bonchev–Trinajstić information content (AvgIpc) is 2.81. The fourth-order valence-corrected chi connectivity index (χ4v) is 2.82. The zero-order valence-electron chi connectivity index (χ0n) is 12.1. The van der Waals surface area contributed by atoms with Crippen LogP contribution in [0.15, 0.2) is 18.6 Å². The Kier molecular flexibility index (Phi) is 3.78. The Hall–Kier alpha value is -1.75. The van der Waals surface area contributed by atoms with E-state index in [0.29, 0.717) is 5.92 Å². The summed E-state index contributed by atoms with van der Waals surface area (Å²) < 4.78 is 2.08. The van der Waals surface area contributed by atoms with Crippen molar-refractivity contribution in [3.8, 4) is 11.4 Å². The molecule has 20 heavy (non-hydrogen) atoms. The van der Waals surface area contributed by atoms with E-state index in [1.807, 2.05) is 20.2 Å². The van der Waals surface area contributed by atoms with E-state index in [9.17, 15) is 0 Å². The van der Waals surface area contributed by atoms with Crippen molar-refractivity contribution in [2.45, 2.75) is 26.2 Å². The van der Waals surface area contributed by atoms with Crippen LogP contribution >= 0.6 is 0 Å². The van der Waals surface area contributed by atoms with Crippen LogP contribution in [-0.4, -0.2) is 32.6 Å². The van der Waals surface area contributed by atoms with Crippen LogP contribution in [0.5, 0.6) is 0 Å². The van der Waals surface area contributed by atoms with Gasteiger partial charge in [-0.15, -0.1) is 0 Å². The van der Waals surface area contributed by atoms with Crippen molar-refractivity contribution in [1.82, 2.24) is 24.8 Å². The predicted molar refractivity (Wildman–Crippen MR) is 78.3 cm³/mol. The molecule has 1 saturated heterocycles. The highest BCUT2D eigenvalue weighted by Crippen LogP contribution is 2.24. The second-order valence-electron chi connectivity index (χ2n) is 5.52. The van der Waals surface area contributed by atoms with Gasteiger partial charge < -0.3 is 9.88 Å². The lowest BCUT2D eigenvalue weighted by molar-refractivity contribution is 0.373. The summed E-state index contributed by atoms with van der Waals surface area (Å²) in [4.78, 5) is 13.5. The second kappa shape index (κ2) is 5.71. The van der Waals surface area contributed by atoms with Crippen molar-refractivity contribution >= 4 is 0 Å². The van der Waals surface area contributed by atoms with E-state index < -0.39 is 0 Å². The van der Waals surface area contributed by atoms with E-state index in [0.717, 1.165) is 42.4 Å². The van der Waals surface area contributed by atoms with Crippen molar-refractivity contribution in [3.63, 3.8) is 0 Å². The Balaban J connectivity index is 1.90. The smallest absolute Gasteiger partial charge is 0.110 e. The van der Waals surface area contributed by atoms with Crippen LogP contribution in [0.25, 0.3) is 11.4 Å². The zero-order chi connectivity index (χ0) is 13.9. The third kappa shape index (κ3) is 2.58. The van der Waals surface area contributed by atoms with Crippen LogP contribution in [0.4, 0.5) is 0 Å². The molecule has 106 valence electrons. The molecule has 0 unspecified atom stereocenters. The van der Waals surface area contributed by atoms with Gasteiger partial charge in [-0.25, -0.2) is 4.98 Å². The largest absolute Gasteiger partial charge is 0.330 e. The number of hydrogen-bond donors (Lipinski definition) is 1. The van der Waals surface area contributed by atoms with E-state index in [4.69, 9.17) is 0 Å². The molecule has 1 fully saturated rings. The molecule has 5 nitrogen and oxygen atoms in total. The third-order valence-electron chi connectivity index (χ3n) is 4.12. The normalized spacial score (nSPS) is 19.2. The molecule has 0 radical (unpaired) electrons. The van der Waals surface area contributed by atoms with Gasteiger partial charge in [0.2, 0.25) is 0 Å². The first kappa shape index (κ1) is 13.2. The number of rotatable bonds is 3. The zero-order valence-corrected chi connectivity index (χ0v) is 12.1. The molecule has 2 aromatic rings. The lowest BCUT2D eigenvalue weighted by atomic mass is 9.93. The standard InChI is InChI=1S/C15H21N5/c1-11-19-10-14(20(11)2)15-13(17-6-7-18-15)8-12-4-3-5-16-9-12/h6-7,10,12,16H,3-5,8-9H2,1-2H3/t12-/m0/s1. The summed E-state index contributed by atoms with van der Waals surface area (Å²) in [5.74, 6) is 1.66. The van der Waals surface area contributed by atoms with Crippen molar-refractivity contribution < 1.29 is 0 Å². The summed E-state index contributed by atoms with van der Waals surface area (Å²) >= 11 is 0. The molecule has 3 rings (SSSR count). The van der Waals surface area contributed by atoms with Crippen LogP contribution in [0.2, 0.25) is 0 Å². The maximum absolute atomic E-state index is 4.57. The number of aromatic nitrogens is 4. The Morgan fingerprint density at radius 1 is 1.30 bits per heavy atom. The Morgan fingerprint density at radius 2 is 2.15 bits per heavy atom. The van der Waals surface area contributed by atoms with Gasteiger partial charge in [0.1, 0.15) is 11.5 Å². The van der Waals surface area contributed by atoms with Gasteiger partial charge in [0.05, 0.1) is 17.6 Å². The first-order valence-corrected chi connectivity index (χ1v) is 7.25. The lowest BCUT2D eigenvalue weighted by Gasteiger charge is -2.22. The van der Waals surface area contributed by atoms with Crippen LogP contribution in [0.3, 0.4) is 0 Å². The molecular weight excluding hydrogens is 250 g/mol. The molecule has 1 atom stereocenters. The lowest BCUT2D eigenvalue weighted by Crippen LogP contribution is -2.31. The topological polar surface area (TPSA) is 55.6 Å². The molecule has 0 amide bonds. The second-order valence-corrected chi connectivity index (χ2v) is 5.52. The number of hydrogen-bond acceptors (Lipinski definition) is 4. The minimum Gasteiger partial charge on any atom is -0.330 e. The fraction of sp³-hybridized carbons (Fsp3) is 0.533. The van der Waals surface area contributed by atoms with Crippen molar-refractivity contribution in [2.75, 3.05) is 13.1 Å². The molecule has 1 N–H and O–H groups in total. The average molecular weight is 271 g/mol. The monoisotopic (exact) mass is 271 g/mol. The van der Waals surface area contributed by atoms with E-state index in [1.54, 1.807) is 12.4 Å². The highest BCUT2D eigenvalue weighted by atomic mass is 15.1. The first-order chi connectivity index (χ1) is 9.75. The molecule has 0 aromatic carbocycles. The first-order valence-electron chi connectivity index (χ1n) is 7.25.